The zero-order valence-electron chi connectivity index (χ0n) is 19.6. The summed E-state index contributed by atoms with van der Waals surface area (Å²) in [6, 6.07) is 12.1. The number of benzene rings is 2. The maximum absolute atomic E-state index is 13.3. The minimum atomic E-state index is -1.03. The van der Waals surface area contributed by atoms with E-state index in [1.807, 2.05) is 24.3 Å². The van der Waals surface area contributed by atoms with Crippen LogP contribution >= 0.6 is 15.9 Å². The van der Waals surface area contributed by atoms with Crippen molar-refractivity contribution in [3.8, 4) is 5.75 Å². The molecule has 0 aliphatic carbocycles. The van der Waals surface area contributed by atoms with Gasteiger partial charge in [0.25, 0.3) is 0 Å². The van der Waals surface area contributed by atoms with Crippen LogP contribution < -0.4 is 4.74 Å². The van der Waals surface area contributed by atoms with Gasteiger partial charge in [-0.25, -0.2) is 14.0 Å². The summed E-state index contributed by atoms with van der Waals surface area (Å²) in [6.07, 6.45) is 1.45. The molecule has 3 rings (SSSR count). The molecule has 0 atom stereocenters. The third kappa shape index (κ3) is 7.06. The first-order valence-corrected chi connectivity index (χ1v) is 11.9. The van der Waals surface area contributed by atoms with Gasteiger partial charge in [-0.3, -0.25) is 0 Å². The van der Waals surface area contributed by atoms with Crippen LogP contribution in [0.4, 0.5) is 9.18 Å². The first-order valence-electron chi connectivity index (χ1n) is 11.1. The molecule has 1 aliphatic heterocycles. The van der Waals surface area contributed by atoms with E-state index in [-0.39, 0.29) is 17.9 Å². The molecule has 34 heavy (non-hydrogen) atoms. The number of hydrogen-bond donors (Lipinski definition) is 1. The molecule has 0 unspecified atom stereocenters. The molecule has 0 saturated heterocycles. The number of ether oxygens (including phenoxy) is 2. The quantitative estimate of drug-likeness (QED) is 0.436. The summed E-state index contributed by atoms with van der Waals surface area (Å²) in [7, 11) is 0. The van der Waals surface area contributed by atoms with Crippen molar-refractivity contribution in [2.75, 3.05) is 19.7 Å². The Morgan fingerprint density at radius 3 is 2.50 bits per heavy atom. The number of hydrogen-bond acceptors (Lipinski definition) is 4. The van der Waals surface area contributed by atoms with E-state index in [2.05, 4.69) is 15.9 Å². The lowest BCUT2D eigenvalue weighted by Gasteiger charge is -2.31. The molecule has 0 saturated carbocycles. The summed E-state index contributed by atoms with van der Waals surface area (Å²) in [5.41, 5.74) is 2.23. The summed E-state index contributed by atoms with van der Waals surface area (Å²) >= 11 is 3.35. The van der Waals surface area contributed by atoms with Gasteiger partial charge < -0.3 is 19.5 Å². The van der Waals surface area contributed by atoms with Crippen molar-refractivity contribution in [2.24, 2.45) is 0 Å². The van der Waals surface area contributed by atoms with Gasteiger partial charge in [0.15, 0.2) is 0 Å². The van der Waals surface area contributed by atoms with Crippen molar-refractivity contribution < 1.29 is 28.6 Å². The van der Waals surface area contributed by atoms with E-state index in [9.17, 15) is 19.1 Å². The predicted molar refractivity (Wildman–Crippen MR) is 131 cm³/mol. The van der Waals surface area contributed by atoms with Crippen LogP contribution in [-0.2, 0) is 16.0 Å². The highest BCUT2D eigenvalue weighted by Gasteiger charge is 2.30. The first-order chi connectivity index (χ1) is 16.0. The highest BCUT2D eigenvalue weighted by molar-refractivity contribution is 9.10. The second-order valence-corrected chi connectivity index (χ2v) is 9.99. The molecule has 0 radical (unpaired) electrons. The van der Waals surface area contributed by atoms with Gasteiger partial charge in [0.1, 0.15) is 17.2 Å². The molecule has 1 amide bonds. The van der Waals surface area contributed by atoms with Crippen molar-refractivity contribution in [3.63, 3.8) is 0 Å². The molecule has 6 nitrogen and oxygen atoms in total. The molecular formula is C26H29BrFNO5. The molecule has 2 aromatic carbocycles. The number of carbonyl (C=O) groups excluding carboxylic acids is 1. The fourth-order valence-electron chi connectivity index (χ4n) is 3.68. The van der Waals surface area contributed by atoms with Crippen molar-refractivity contribution >= 4 is 33.6 Å². The number of rotatable bonds is 7. The molecule has 1 heterocycles. The number of carboxylic acids is 1. The van der Waals surface area contributed by atoms with E-state index in [4.69, 9.17) is 9.47 Å². The van der Waals surface area contributed by atoms with E-state index in [1.165, 1.54) is 17.0 Å². The lowest BCUT2D eigenvalue weighted by molar-refractivity contribution is -0.132. The third-order valence-electron chi connectivity index (χ3n) is 5.32. The fraction of sp³-hybridized carbons (Fsp3) is 0.385. The van der Waals surface area contributed by atoms with Crippen LogP contribution in [0.2, 0.25) is 0 Å². The zero-order chi connectivity index (χ0) is 24.9. The monoisotopic (exact) mass is 533 g/mol. The van der Waals surface area contributed by atoms with E-state index < -0.39 is 17.7 Å². The van der Waals surface area contributed by atoms with Gasteiger partial charge in [0.2, 0.25) is 0 Å². The second kappa shape index (κ2) is 11.0. The van der Waals surface area contributed by atoms with Crippen LogP contribution in [-0.4, -0.2) is 47.4 Å². The summed E-state index contributed by atoms with van der Waals surface area (Å²) < 4.78 is 25.1. The van der Waals surface area contributed by atoms with Crippen LogP contribution in [0.5, 0.6) is 5.75 Å². The minimum absolute atomic E-state index is 0.00824. The average molecular weight is 534 g/mol. The molecule has 182 valence electrons. The number of carboxylic acid groups (broad SMARTS) is 1. The Morgan fingerprint density at radius 1 is 1.15 bits per heavy atom. The van der Waals surface area contributed by atoms with Crippen LogP contribution in [0.15, 0.2) is 52.5 Å². The first kappa shape index (κ1) is 25.7. The molecule has 0 bridgehead atoms. The molecule has 0 aromatic heterocycles. The van der Waals surface area contributed by atoms with Gasteiger partial charge in [-0.1, -0.05) is 24.3 Å². The number of aryl methyl sites for hydroxylation is 1. The van der Waals surface area contributed by atoms with Crippen LogP contribution in [0, 0.1) is 5.82 Å². The zero-order valence-corrected chi connectivity index (χ0v) is 21.2. The van der Waals surface area contributed by atoms with E-state index in [1.54, 1.807) is 26.8 Å². The Hall–Kier alpha value is -2.87. The van der Waals surface area contributed by atoms with Gasteiger partial charge in [0, 0.05) is 12.6 Å². The van der Waals surface area contributed by atoms with E-state index in [0.29, 0.717) is 29.8 Å². The maximum atomic E-state index is 13.3. The SMILES string of the molecule is CC(C)(C)OC(=O)N1CCC(c2ccc(CCCOc3cc(F)ccc3Br)cc2)=C(C(=O)O)C1. The van der Waals surface area contributed by atoms with Crippen LogP contribution in [0.25, 0.3) is 5.57 Å². The largest absolute Gasteiger partial charge is 0.492 e. The lowest BCUT2D eigenvalue weighted by Crippen LogP contribution is -2.41. The Labute approximate surface area is 207 Å². The van der Waals surface area contributed by atoms with Crippen molar-refractivity contribution in [2.45, 2.75) is 45.6 Å². The Kier molecular flexibility index (Phi) is 8.36. The second-order valence-electron chi connectivity index (χ2n) is 9.14. The van der Waals surface area contributed by atoms with E-state index in [0.717, 1.165) is 29.5 Å². The average Bonchev–Trinajstić information content (AvgIpc) is 2.77. The number of halogens is 2. The molecule has 1 N–H and O–H groups in total. The number of carbonyl (C=O) groups is 2. The number of nitrogens with zero attached hydrogens (tertiary/aromatic N) is 1. The normalized spacial score (nSPS) is 14.2. The van der Waals surface area contributed by atoms with Crippen molar-refractivity contribution in [1.82, 2.24) is 4.90 Å². The molecule has 0 spiro atoms. The highest BCUT2D eigenvalue weighted by atomic mass is 79.9. The summed E-state index contributed by atoms with van der Waals surface area (Å²) in [6.45, 7) is 6.19. The minimum Gasteiger partial charge on any atom is -0.492 e. The Morgan fingerprint density at radius 2 is 1.85 bits per heavy atom. The molecule has 1 aliphatic rings. The maximum Gasteiger partial charge on any atom is 0.410 e. The number of aliphatic carboxylic acids is 1. The Bertz CT molecular complexity index is 1080. The summed E-state index contributed by atoms with van der Waals surface area (Å²) in [5.74, 6) is -0.907. The van der Waals surface area contributed by atoms with Crippen molar-refractivity contribution in [1.29, 1.82) is 0 Å². The third-order valence-corrected chi connectivity index (χ3v) is 5.97. The summed E-state index contributed by atoms with van der Waals surface area (Å²) in [4.78, 5) is 25.7. The lowest BCUT2D eigenvalue weighted by atomic mass is 9.92. The van der Waals surface area contributed by atoms with Gasteiger partial charge in [-0.05, 0) is 84.8 Å². The fourth-order valence-corrected chi connectivity index (χ4v) is 4.04. The molecular weight excluding hydrogens is 505 g/mol. The predicted octanol–water partition coefficient (Wildman–Crippen LogP) is 6.08. The van der Waals surface area contributed by atoms with Gasteiger partial charge in [0.05, 0.1) is 23.2 Å². The highest BCUT2D eigenvalue weighted by Crippen LogP contribution is 2.29. The van der Waals surface area contributed by atoms with Crippen LogP contribution in [0.1, 0.15) is 44.7 Å². The molecule has 0 fully saturated rings. The van der Waals surface area contributed by atoms with Crippen molar-refractivity contribution in [3.05, 3.63) is 69.5 Å². The molecule has 8 heteroatoms. The standard InChI is InChI=1S/C26H29BrFNO5/c1-26(2,3)34-25(32)29-13-12-20(21(16-29)24(30)31)18-8-6-17(7-9-18)5-4-14-33-23-15-19(28)10-11-22(23)27/h6-11,15H,4-5,12-14,16H2,1-3H3,(H,30,31). The summed E-state index contributed by atoms with van der Waals surface area (Å²) in [5, 5.41) is 9.75. The van der Waals surface area contributed by atoms with E-state index >= 15 is 0 Å². The van der Waals surface area contributed by atoms with Crippen LogP contribution in [0.3, 0.4) is 0 Å². The topological polar surface area (TPSA) is 76.1 Å². The van der Waals surface area contributed by atoms with Gasteiger partial charge in [-0.2, -0.15) is 0 Å². The number of amides is 1. The molecule has 2 aromatic rings. The van der Waals surface area contributed by atoms with Gasteiger partial charge in [-0.15, -0.1) is 0 Å². The smallest absolute Gasteiger partial charge is 0.410 e. The Balaban J connectivity index is 1.61. The van der Waals surface area contributed by atoms with Gasteiger partial charge >= 0.3 is 12.1 Å².